The highest BCUT2D eigenvalue weighted by atomic mass is 32.2. The first kappa shape index (κ1) is 23.2. The minimum atomic E-state index is -3.84. The summed E-state index contributed by atoms with van der Waals surface area (Å²) in [6, 6.07) is 7.46. The molecule has 8 nitrogen and oxygen atoms in total. The van der Waals surface area contributed by atoms with Crippen LogP contribution in [-0.2, 0) is 14.8 Å². The van der Waals surface area contributed by atoms with Gasteiger partial charge >= 0.3 is 5.97 Å². The van der Waals surface area contributed by atoms with Crippen molar-refractivity contribution in [1.82, 2.24) is 4.31 Å². The maximum atomic E-state index is 13.4. The van der Waals surface area contributed by atoms with Gasteiger partial charge in [-0.1, -0.05) is 13.8 Å². The number of ether oxygens (including phenoxy) is 2. The third-order valence-corrected chi connectivity index (χ3v) is 7.94. The molecular weight excluding hydrogens is 440 g/mol. The van der Waals surface area contributed by atoms with Crippen LogP contribution in [0.4, 0.5) is 5.00 Å². The Balaban J connectivity index is 1.88. The standard InChI is InChI=1S/C21H26N2O6S2/c1-13-9-14(2)12-23(11-13)31(26,27)18-10-15(5-6-16(18)28-3)20(24)22-19-8-7-17(30-19)21(25)29-4/h5-8,10,13-14H,9,11-12H2,1-4H3,(H,22,24). The molecule has 2 aromatic rings. The molecule has 1 aromatic heterocycles. The maximum Gasteiger partial charge on any atom is 0.348 e. The Bertz CT molecular complexity index is 1070. The van der Waals surface area contributed by atoms with Gasteiger partial charge in [-0.15, -0.1) is 11.3 Å². The molecule has 0 radical (unpaired) electrons. The van der Waals surface area contributed by atoms with E-state index in [1.807, 2.05) is 13.8 Å². The second-order valence-corrected chi connectivity index (χ2v) is 10.7. The molecule has 1 amide bonds. The molecule has 0 saturated carbocycles. The van der Waals surface area contributed by atoms with Gasteiger partial charge in [0.1, 0.15) is 15.5 Å². The van der Waals surface area contributed by atoms with Crippen molar-refractivity contribution in [1.29, 1.82) is 0 Å². The number of sulfonamides is 1. The first-order valence-electron chi connectivity index (χ1n) is 9.83. The fourth-order valence-corrected chi connectivity index (χ4v) is 6.44. The average molecular weight is 467 g/mol. The lowest BCUT2D eigenvalue weighted by atomic mass is 9.94. The number of methoxy groups -OCH3 is 2. The van der Waals surface area contributed by atoms with E-state index in [-0.39, 0.29) is 28.0 Å². The van der Waals surface area contributed by atoms with E-state index in [4.69, 9.17) is 4.74 Å². The number of nitrogens with zero attached hydrogens (tertiary/aromatic N) is 1. The normalized spacial score (nSPS) is 19.6. The van der Waals surface area contributed by atoms with Crippen LogP contribution in [0.25, 0.3) is 0 Å². The molecule has 1 N–H and O–H groups in total. The number of esters is 1. The van der Waals surface area contributed by atoms with Gasteiger partial charge in [-0.3, -0.25) is 4.79 Å². The van der Waals surface area contributed by atoms with Crippen LogP contribution in [0.3, 0.4) is 0 Å². The molecule has 1 aromatic carbocycles. The predicted molar refractivity (Wildman–Crippen MR) is 118 cm³/mol. The van der Waals surface area contributed by atoms with Crippen molar-refractivity contribution in [3.05, 3.63) is 40.8 Å². The summed E-state index contributed by atoms with van der Waals surface area (Å²) < 4.78 is 38.1. The molecule has 0 bridgehead atoms. The lowest BCUT2D eigenvalue weighted by Gasteiger charge is -2.34. The second kappa shape index (κ2) is 9.37. The van der Waals surface area contributed by atoms with Gasteiger partial charge in [-0.2, -0.15) is 4.31 Å². The molecule has 3 rings (SSSR count). The molecule has 1 aliphatic heterocycles. The van der Waals surface area contributed by atoms with E-state index < -0.39 is 21.9 Å². The molecular formula is C21H26N2O6S2. The van der Waals surface area contributed by atoms with Gasteiger partial charge in [-0.05, 0) is 48.6 Å². The summed E-state index contributed by atoms with van der Waals surface area (Å²) in [5.41, 5.74) is 0.172. The number of carbonyl (C=O) groups excluding carboxylic acids is 2. The topological polar surface area (TPSA) is 102 Å². The number of piperidine rings is 1. The molecule has 2 atom stereocenters. The number of hydrogen-bond donors (Lipinski definition) is 1. The SMILES string of the molecule is COC(=O)c1ccc(NC(=O)c2ccc(OC)c(S(=O)(=O)N3CC(C)CC(C)C3)c2)s1. The predicted octanol–water partition coefficient (Wildman–Crippen LogP) is 3.46. The second-order valence-electron chi connectivity index (χ2n) is 7.74. The Morgan fingerprint density at radius 2 is 1.77 bits per heavy atom. The monoisotopic (exact) mass is 466 g/mol. The van der Waals surface area contributed by atoms with E-state index in [0.29, 0.717) is 23.0 Å². The van der Waals surface area contributed by atoms with Crippen molar-refractivity contribution in [3.8, 4) is 5.75 Å². The van der Waals surface area contributed by atoms with Gasteiger partial charge in [0.05, 0.1) is 19.2 Å². The van der Waals surface area contributed by atoms with Crippen LogP contribution in [0.5, 0.6) is 5.75 Å². The molecule has 2 heterocycles. The van der Waals surface area contributed by atoms with Crippen molar-refractivity contribution < 1.29 is 27.5 Å². The number of carbonyl (C=O) groups is 2. The third kappa shape index (κ3) is 5.08. The van der Waals surface area contributed by atoms with Crippen molar-refractivity contribution >= 4 is 38.2 Å². The van der Waals surface area contributed by atoms with Crippen molar-refractivity contribution in [2.45, 2.75) is 25.2 Å². The van der Waals surface area contributed by atoms with E-state index >= 15 is 0 Å². The van der Waals surface area contributed by atoms with Gasteiger partial charge in [0, 0.05) is 18.7 Å². The van der Waals surface area contributed by atoms with Crippen LogP contribution >= 0.6 is 11.3 Å². The highest BCUT2D eigenvalue weighted by molar-refractivity contribution is 7.89. The van der Waals surface area contributed by atoms with E-state index in [1.54, 1.807) is 12.1 Å². The Hall–Kier alpha value is -2.43. The molecule has 31 heavy (non-hydrogen) atoms. The molecule has 0 aliphatic carbocycles. The minimum absolute atomic E-state index is 0.0367. The summed E-state index contributed by atoms with van der Waals surface area (Å²) in [5.74, 6) is -0.296. The van der Waals surface area contributed by atoms with Crippen LogP contribution in [0, 0.1) is 11.8 Å². The van der Waals surface area contributed by atoms with Gasteiger partial charge in [-0.25, -0.2) is 13.2 Å². The van der Waals surface area contributed by atoms with Gasteiger partial charge in [0.2, 0.25) is 10.0 Å². The molecule has 1 saturated heterocycles. The number of nitrogens with one attached hydrogen (secondary N) is 1. The first-order valence-corrected chi connectivity index (χ1v) is 12.1. The smallest absolute Gasteiger partial charge is 0.348 e. The zero-order valence-corrected chi connectivity index (χ0v) is 19.5. The largest absolute Gasteiger partial charge is 0.495 e. The average Bonchev–Trinajstić information content (AvgIpc) is 3.20. The Kier molecular flexibility index (Phi) is 7.03. The zero-order chi connectivity index (χ0) is 22.8. The van der Waals surface area contributed by atoms with E-state index in [1.165, 1.54) is 36.7 Å². The summed E-state index contributed by atoms with van der Waals surface area (Å²) in [5, 5.41) is 3.14. The summed E-state index contributed by atoms with van der Waals surface area (Å²) in [4.78, 5) is 24.7. The molecule has 1 fully saturated rings. The van der Waals surface area contributed by atoms with E-state index in [0.717, 1.165) is 17.8 Å². The summed E-state index contributed by atoms with van der Waals surface area (Å²) >= 11 is 1.07. The summed E-state index contributed by atoms with van der Waals surface area (Å²) in [6.07, 6.45) is 0.972. The number of hydrogen-bond acceptors (Lipinski definition) is 7. The Morgan fingerprint density at radius 3 is 2.39 bits per heavy atom. The fraction of sp³-hybridized carbons (Fsp3) is 0.429. The van der Waals surface area contributed by atoms with Crippen LogP contribution in [0.1, 0.15) is 40.3 Å². The Morgan fingerprint density at radius 1 is 1.10 bits per heavy atom. The van der Waals surface area contributed by atoms with E-state index in [2.05, 4.69) is 10.1 Å². The molecule has 0 spiro atoms. The van der Waals surface area contributed by atoms with Crippen LogP contribution in [0.15, 0.2) is 35.2 Å². The van der Waals surface area contributed by atoms with Crippen LogP contribution in [0.2, 0.25) is 0 Å². The van der Waals surface area contributed by atoms with Gasteiger partial charge in [0.15, 0.2) is 0 Å². The lowest BCUT2D eigenvalue weighted by molar-refractivity contribution is 0.0606. The van der Waals surface area contributed by atoms with Crippen molar-refractivity contribution in [2.24, 2.45) is 11.8 Å². The summed E-state index contributed by atoms with van der Waals surface area (Å²) in [6.45, 7) is 4.92. The molecule has 1 aliphatic rings. The van der Waals surface area contributed by atoms with E-state index in [9.17, 15) is 18.0 Å². The quantitative estimate of drug-likeness (QED) is 0.654. The van der Waals surface area contributed by atoms with Crippen molar-refractivity contribution in [2.75, 3.05) is 32.6 Å². The minimum Gasteiger partial charge on any atom is -0.495 e. The van der Waals surface area contributed by atoms with Crippen LogP contribution in [-0.4, -0.2) is 51.9 Å². The highest BCUT2D eigenvalue weighted by Gasteiger charge is 2.34. The first-order chi connectivity index (χ1) is 14.6. The zero-order valence-electron chi connectivity index (χ0n) is 17.9. The summed E-state index contributed by atoms with van der Waals surface area (Å²) in [7, 11) is -1.16. The van der Waals surface area contributed by atoms with Crippen molar-refractivity contribution in [3.63, 3.8) is 0 Å². The highest BCUT2D eigenvalue weighted by Crippen LogP contribution is 2.32. The third-order valence-electron chi connectivity index (χ3n) is 5.11. The molecule has 2 unspecified atom stereocenters. The number of thiophene rings is 1. The van der Waals surface area contributed by atoms with Gasteiger partial charge in [0.25, 0.3) is 5.91 Å². The number of anilines is 1. The lowest BCUT2D eigenvalue weighted by Crippen LogP contribution is -2.42. The molecule has 168 valence electrons. The van der Waals surface area contributed by atoms with Gasteiger partial charge < -0.3 is 14.8 Å². The Labute approximate surface area is 186 Å². The number of amides is 1. The fourth-order valence-electron chi connectivity index (χ4n) is 3.76. The molecule has 10 heteroatoms. The maximum absolute atomic E-state index is 13.4. The number of benzene rings is 1. The van der Waals surface area contributed by atoms with Crippen LogP contribution < -0.4 is 10.1 Å². The number of rotatable bonds is 6.